The minimum absolute atomic E-state index is 0.0473. The number of nitrogens with one attached hydrogen (secondary N) is 1. The third kappa shape index (κ3) is 3.85. The summed E-state index contributed by atoms with van der Waals surface area (Å²) in [5.74, 6) is -0.209. The summed E-state index contributed by atoms with van der Waals surface area (Å²) in [5, 5.41) is 5.95. The fourth-order valence-electron chi connectivity index (χ4n) is 3.90. The summed E-state index contributed by atoms with van der Waals surface area (Å²) >= 11 is 3.13. The third-order valence-corrected chi connectivity index (χ3v) is 7.31. The number of carbonyl (C=O) groups excluding carboxylic acids is 2. The van der Waals surface area contributed by atoms with Gasteiger partial charge in [-0.15, -0.1) is 23.1 Å². The molecular weight excluding hydrogens is 438 g/mol. The molecule has 7 heteroatoms. The van der Waals surface area contributed by atoms with Crippen LogP contribution in [0.5, 0.6) is 0 Å². The number of aromatic nitrogens is 1. The molecule has 5 rings (SSSR count). The van der Waals surface area contributed by atoms with E-state index in [-0.39, 0.29) is 11.8 Å². The molecule has 3 heterocycles. The van der Waals surface area contributed by atoms with Crippen molar-refractivity contribution in [3.8, 4) is 0 Å². The van der Waals surface area contributed by atoms with Crippen LogP contribution in [0.3, 0.4) is 0 Å². The Hall–Kier alpha value is -3.29. The normalized spacial score (nSPS) is 12.6. The summed E-state index contributed by atoms with van der Waals surface area (Å²) in [6.45, 7) is 1.30. The molecule has 0 saturated carbocycles. The maximum absolute atomic E-state index is 13.4. The van der Waals surface area contributed by atoms with Crippen LogP contribution in [0.4, 0.5) is 10.7 Å². The van der Waals surface area contributed by atoms with E-state index in [0.29, 0.717) is 23.4 Å². The van der Waals surface area contributed by atoms with Crippen molar-refractivity contribution in [1.82, 2.24) is 4.57 Å². The molecule has 2 aromatic carbocycles. The standard InChI is InChI=1S/C25H21N3O2S2/c1-31-22-7-3-2-6-21(22)23(29)26-19-10-8-17(9-11-19)24(30)28-16-20-5-4-13-27(20)15-18-12-14-32-25(18)28/h2-14H,15-16H2,1H3,(H,26,29). The SMILES string of the molecule is CSc1ccccc1C(=O)Nc1ccc(C(=O)N2Cc3cccn3Cc3ccsc32)cc1. The van der Waals surface area contributed by atoms with Crippen LogP contribution in [-0.4, -0.2) is 22.6 Å². The van der Waals surface area contributed by atoms with Crippen LogP contribution in [0.15, 0.2) is 83.2 Å². The lowest BCUT2D eigenvalue weighted by Gasteiger charge is -2.20. The largest absolute Gasteiger partial charge is 0.345 e. The second kappa shape index (κ2) is 8.68. The monoisotopic (exact) mass is 459 g/mol. The quantitative estimate of drug-likeness (QED) is 0.397. The van der Waals surface area contributed by atoms with Gasteiger partial charge in [0.1, 0.15) is 5.00 Å². The maximum Gasteiger partial charge on any atom is 0.259 e. The first-order chi connectivity index (χ1) is 15.6. The highest BCUT2D eigenvalue weighted by atomic mass is 32.2. The van der Waals surface area contributed by atoms with Gasteiger partial charge in [-0.3, -0.25) is 14.5 Å². The Labute approximate surface area is 194 Å². The third-order valence-electron chi connectivity index (χ3n) is 5.54. The smallest absolute Gasteiger partial charge is 0.259 e. The number of amides is 2. The topological polar surface area (TPSA) is 54.3 Å². The average molecular weight is 460 g/mol. The lowest BCUT2D eigenvalue weighted by Crippen LogP contribution is -2.29. The number of hydrogen-bond acceptors (Lipinski definition) is 4. The van der Waals surface area contributed by atoms with Gasteiger partial charge in [-0.2, -0.15) is 0 Å². The minimum atomic E-state index is -0.162. The fourth-order valence-corrected chi connectivity index (χ4v) is 5.41. The Bertz CT molecular complexity index is 1290. The van der Waals surface area contributed by atoms with Crippen molar-refractivity contribution in [2.24, 2.45) is 0 Å². The summed E-state index contributed by atoms with van der Waals surface area (Å²) in [7, 11) is 0. The summed E-state index contributed by atoms with van der Waals surface area (Å²) < 4.78 is 2.18. The zero-order valence-corrected chi connectivity index (χ0v) is 19.1. The average Bonchev–Trinajstić information content (AvgIpc) is 3.44. The highest BCUT2D eigenvalue weighted by Crippen LogP contribution is 2.34. The van der Waals surface area contributed by atoms with Gasteiger partial charge in [0.25, 0.3) is 11.8 Å². The Morgan fingerprint density at radius 1 is 0.969 bits per heavy atom. The molecule has 1 aliphatic heterocycles. The van der Waals surface area contributed by atoms with Crippen molar-refractivity contribution in [2.45, 2.75) is 18.0 Å². The van der Waals surface area contributed by atoms with Crippen molar-refractivity contribution in [2.75, 3.05) is 16.5 Å². The molecule has 0 bridgehead atoms. The summed E-state index contributed by atoms with van der Waals surface area (Å²) in [4.78, 5) is 28.9. The molecule has 2 amide bonds. The molecule has 2 aromatic heterocycles. The molecule has 0 spiro atoms. The summed E-state index contributed by atoms with van der Waals surface area (Å²) in [5.41, 5.74) is 4.14. The van der Waals surface area contributed by atoms with Gasteiger partial charge in [0.15, 0.2) is 0 Å². The molecule has 32 heavy (non-hydrogen) atoms. The van der Waals surface area contributed by atoms with Crippen molar-refractivity contribution in [1.29, 1.82) is 0 Å². The van der Waals surface area contributed by atoms with E-state index >= 15 is 0 Å². The van der Waals surface area contributed by atoms with Crippen LogP contribution in [-0.2, 0) is 13.1 Å². The molecule has 1 N–H and O–H groups in total. The fraction of sp³-hybridized carbons (Fsp3) is 0.120. The first-order valence-corrected chi connectivity index (χ1v) is 12.3. The zero-order chi connectivity index (χ0) is 22.1. The van der Waals surface area contributed by atoms with Gasteiger partial charge in [0.2, 0.25) is 0 Å². The van der Waals surface area contributed by atoms with Gasteiger partial charge < -0.3 is 9.88 Å². The summed E-state index contributed by atoms with van der Waals surface area (Å²) in [6, 6.07) is 20.8. The number of thioether (sulfide) groups is 1. The van der Waals surface area contributed by atoms with Gasteiger partial charge in [-0.1, -0.05) is 12.1 Å². The molecule has 0 fully saturated rings. The van der Waals surface area contributed by atoms with E-state index in [4.69, 9.17) is 0 Å². The maximum atomic E-state index is 13.4. The lowest BCUT2D eigenvalue weighted by atomic mass is 10.1. The molecule has 1 aliphatic rings. The van der Waals surface area contributed by atoms with E-state index in [1.165, 1.54) is 11.8 Å². The van der Waals surface area contributed by atoms with Gasteiger partial charge in [0.05, 0.1) is 18.7 Å². The number of thiophene rings is 1. The number of carbonyl (C=O) groups is 2. The van der Waals surface area contributed by atoms with E-state index in [0.717, 1.165) is 27.7 Å². The Kier molecular flexibility index (Phi) is 5.59. The van der Waals surface area contributed by atoms with E-state index in [1.807, 2.05) is 46.9 Å². The predicted molar refractivity (Wildman–Crippen MR) is 131 cm³/mol. The molecule has 160 valence electrons. The molecule has 0 unspecified atom stereocenters. The van der Waals surface area contributed by atoms with Crippen LogP contribution in [0.25, 0.3) is 0 Å². The minimum Gasteiger partial charge on any atom is -0.345 e. The molecule has 0 atom stereocenters. The Morgan fingerprint density at radius 3 is 2.59 bits per heavy atom. The van der Waals surface area contributed by atoms with Gasteiger partial charge in [-0.05, 0) is 66.2 Å². The highest BCUT2D eigenvalue weighted by molar-refractivity contribution is 7.98. The Balaban J connectivity index is 1.36. The number of hydrogen-bond donors (Lipinski definition) is 1. The van der Waals surface area contributed by atoms with Crippen LogP contribution in [0.1, 0.15) is 32.0 Å². The number of anilines is 2. The van der Waals surface area contributed by atoms with Crippen LogP contribution in [0, 0.1) is 0 Å². The summed E-state index contributed by atoms with van der Waals surface area (Å²) in [6.07, 6.45) is 4.00. The molecule has 0 aliphatic carbocycles. The van der Waals surface area contributed by atoms with E-state index in [9.17, 15) is 9.59 Å². The van der Waals surface area contributed by atoms with Gasteiger partial charge in [0, 0.05) is 33.6 Å². The molecule has 5 nitrogen and oxygen atoms in total. The van der Waals surface area contributed by atoms with E-state index in [1.54, 1.807) is 35.6 Å². The molecule has 0 saturated heterocycles. The second-order valence-corrected chi connectivity index (χ2v) is 9.24. The number of rotatable bonds is 4. The first-order valence-electron chi connectivity index (χ1n) is 10.2. The zero-order valence-electron chi connectivity index (χ0n) is 17.4. The highest BCUT2D eigenvalue weighted by Gasteiger charge is 2.26. The van der Waals surface area contributed by atoms with Crippen molar-refractivity contribution >= 4 is 45.6 Å². The van der Waals surface area contributed by atoms with Crippen LogP contribution in [0.2, 0.25) is 0 Å². The number of fused-ring (bicyclic) bond motifs is 2. The Morgan fingerprint density at radius 2 is 1.78 bits per heavy atom. The second-order valence-electron chi connectivity index (χ2n) is 7.50. The lowest BCUT2D eigenvalue weighted by molar-refractivity contribution is 0.0984. The molecule has 0 radical (unpaired) electrons. The molecule has 4 aromatic rings. The number of benzene rings is 2. The van der Waals surface area contributed by atoms with E-state index < -0.39 is 0 Å². The first kappa shape index (κ1) is 20.6. The van der Waals surface area contributed by atoms with E-state index in [2.05, 4.69) is 28.2 Å². The van der Waals surface area contributed by atoms with Crippen LogP contribution >= 0.6 is 23.1 Å². The predicted octanol–water partition coefficient (Wildman–Crippen LogP) is 5.73. The van der Waals surface area contributed by atoms with Crippen molar-refractivity contribution in [3.63, 3.8) is 0 Å². The van der Waals surface area contributed by atoms with Crippen molar-refractivity contribution in [3.05, 3.63) is 101 Å². The van der Waals surface area contributed by atoms with Crippen molar-refractivity contribution < 1.29 is 9.59 Å². The van der Waals surface area contributed by atoms with Gasteiger partial charge >= 0.3 is 0 Å². The number of nitrogens with zero attached hydrogens (tertiary/aromatic N) is 2. The molecular formula is C25H21N3O2S2. The van der Waals surface area contributed by atoms with Crippen LogP contribution < -0.4 is 10.2 Å². The van der Waals surface area contributed by atoms with Gasteiger partial charge in [-0.25, -0.2) is 0 Å².